The molecule has 11 heteroatoms. The van der Waals surface area contributed by atoms with Crippen LogP contribution in [-0.4, -0.2) is 81.2 Å². The molecule has 0 aliphatic heterocycles. The minimum Gasteiger partial charge on any atom is -0.756 e. The third-order valence-corrected chi connectivity index (χ3v) is 10.9. The minimum atomic E-state index is -4.65. The molecule has 0 radical (unpaired) electrons. The highest BCUT2D eigenvalue weighted by molar-refractivity contribution is 7.45. The number of esters is 2. The molecule has 3 atom stereocenters. The zero-order valence-electron chi connectivity index (χ0n) is 38.3. The van der Waals surface area contributed by atoms with Crippen LogP contribution in [0.5, 0.6) is 0 Å². The molecule has 0 amide bonds. The Balaban J connectivity index is 4.42. The molecule has 10 nitrogen and oxygen atoms in total. The Labute approximate surface area is 361 Å². The number of carbonyl (C=O) groups excluding carboxylic acids is 2. The lowest BCUT2D eigenvalue weighted by atomic mass is 10.0. The number of likely N-dealkylation sites (N-methyl/N-ethyl adjacent to an activating group) is 1. The van der Waals surface area contributed by atoms with E-state index in [1.165, 1.54) is 89.9 Å². The summed E-state index contributed by atoms with van der Waals surface area (Å²) in [5, 5.41) is 9.74. The zero-order valence-corrected chi connectivity index (χ0v) is 39.2. The summed E-state index contributed by atoms with van der Waals surface area (Å²) in [5.74, 6) is -0.917. The number of nitrogens with zero attached hydrogens (tertiary/aromatic N) is 1. The molecule has 0 saturated heterocycles. The van der Waals surface area contributed by atoms with E-state index in [4.69, 9.17) is 18.5 Å². The molecule has 0 aliphatic carbocycles. The predicted molar refractivity (Wildman–Crippen MR) is 242 cm³/mol. The smallest absolute Gasteiger partial charge is 0.306 e. The first-order valence-corrected chi connectivity index (χ1v) is 24.9. The van der Waals surface area contributed by atoms with Crippen molar-refractivity contribution in [2.75, 3.05) is 47.5 Å². The molecule has 59 heavy (non-hydrogen) atoms. The van der Waals surface area contributed by atoms with Gasteiger partial charge in [0.25, 0.3) is 7.82 Å². The van der Waals surface area contributed by atoms with Gasteiger partial charge in [0.05, 0.1) is 33.9 Å². The molecule has 2 unspecified atom stereocenters. The second kappa shape index (κ2) is 40.0. The number of phosphoric acid groups is 1. The van der Waals surface area contributed by atoms with Crippen LogP contribution >= 0.6 is 7.82 Å². The average molecular weight is 854 g/mol. The van der Waals surface area contributed by atoms with Gasteiger partial charge in [0, 0.05) is 12.8 Å². The van der Waals surface area contributed by atoms with Gasteiger partial charge in [-0.25, -0.2) is 0 Å². The molecule has 0 aromatic rings. The van der Waals surface area contributed by atoms with Crippen molar-refractivity contribution in [2.45, 2.75) is 199 Å². The van der Waals surface area contributed by atoms with Gasteiger partial charge < -0.3 is 33.0 Å². The van der Waals surface area contributed by atoms with Crippen LogP contribution in [0.4, 0.5) is 0 Å². The van der Waals surface area contributed by atoms with Gasteiger partial charge in [-0.15, -0.1) is 0 Å². The second-order valence-corrected chi connectivity index (χ2v) is 18.4. The molecule has 0 fully saturated rings. The Bertz CT molecular complexity index is 1160. The van der Waals surface area contributed by atoms with Crippen LogP contribution in [0.25, 0.3) is 0 Å². The molecule has 0 bridgehead atoms. The molecule has 0 saturated carbocycles. The lowest BCUT2D eigenvalue weighted by Crippen LogP contribution is -2.37. The number of ether oxygens (including phenoxy) is 2. The van der Waals surface area contributed by atoms with Crippen molar-refractivity contribution in [3.8, 4) is 0 Å². The summed E-state index contributed by atoms with van der Waals surface area (Å²) in [7, 11) is 1.11. The Hall–Kier alpha value is -2.07. The van der Waals surface area contributed by atoms with Gasteiger partial charge in [0.1, 0.15) is 19.8 Å². The Morgan fingerprint density at radius 1 is 0.610 bits per heavy atom. The van der Waals surface area contributed by atoms with Crippen molar-refractivity contribution in [3.63, 3.8) is 0 Å². The fraction of sp³-hybridized carbons (Fsp3) is 0.792. The maximum atomic E-state index is 12.7. The summed E-state index contributed by atoms with van der Waals surface area (Å²) in [6, 6.07) is 0. The highest BCUT2D eigenvalue weighted by atomic mass is 31.2. The fourth-order valence-electron chi connectivity index (χ4n) is 6.25. The van der Waals surface area contributed by atoms with Gasteiger partial charge in [-0.3, -0.25) is 14.2 Å². The zero-order chi connectivity index (χ0) is 43.7. The SMILES string of the molecule is CCCCCCCCCCCCCCCCCCCC(=O)OC[C@H](COP(=O)([O-])OCC[N+](C)(C)C)OC(=O)CCC/C=C\C/C=C\C/C=C\C/C=C\CC(O)CCC. The minimum absolute atomic E-state index is 0.0480. The number of aliphatic hydroxyl groups excluding tert-OH is 1. The average Bonchev–Trinajstić information content (AvgIpc) is 3.18. The van der Waals surface area contributed by atoms with Crippen LogP contribution < -0.4 is 4.89 Å². The maximum Gasteiger partial charge on any atom is 0.306 e. The number of rotatable bonds is 42. The van der Waals surface area contributed by atoms with Crippen LogP contribution in [0.3, 0.4) is 0 Å². The molecule has 0 aliphatic rings. The van der Waals surface area contributed by atoms with Gasteiger partial charge >= 0.3 is 11.9 Å². The van der Waals surface area contributed by atoms with Crippen LogP contribution in [0, 0.1) is 0 Å². The van der Waals surface area contributed by atoms with Gasteiger partial charge in [0.2, 0.25) is 0 Å². The van der Waals surface area contributed by atoms with E-state index in [2.05, 4.69) is 50.3 Å². The predicted octanol–water partition coefficient (Wildman–Crippen LogP) is 11.8. The van der Waals surface area contributed by atoms with Crippen molar-refractivity contribution in [1.82, 2.24) is 0 Å². The standard InChI is InChI=1S/C48H88NO9P/c1-6-8-9-10-11-12-13-14-15-16-17-20-23-26-29-32-35-39-47(51)55-43-46(44-57-59(53,54)56-42-41-49(3,4)5)58-48(52)40-36-33-30-27-24-21-18-19-22-25-28-31-34-38-45(50)37-7-2/h18,21-22,25,27,30-31,34,45-46,50H,6-17,19-20,23-24,26,28-29,32-33,35-44H2,1-5H3/b21-18-,25-22-,30-27-,34-31-/t45?,46-/m1/s1. The topological polar surface area (TPSA) is 131 Å². The Kier molecular flexibility index (Phi) is 38.6. The first-order valence-electron chi connectivity index (χ1n) is 23.4. The van der Waals surface area contributed by atoms with Gasteiger partial charge in [-0.1, -0.05) is 172 Å². The van der Waals surface area contributed by atoms with Gasteiger partial charge in [-0.05, 0) is 51.4 Å². The van der Waals surface area contributed by atoms with E-state index in [0.717, 1.165) is 51.4 Å². The number of allylic oxidation sites excluding steroid dienone is 7. The van der Waals surface area contributed by atoms with E-state index < -0.39 is 32.5 Å². The van der Waals surface area contributed by atoms with E-state index in [9.17, 15) is 24.2 Å². The summed E-state index contributed by atoms with van der Waals surface area (Å²) >= 11 is 0. The lowest BCUT2D eigenvalue weighted by Gasteiger charge is -2.28. The van der Waals surface area contributed by atoms with Crippen LogP contribution in [0.1, 0.15) is 187 Å². The van der Waals surface area contributed by atoms with Gasteiger partial charge in [-0.2, -0.15) is 0 Å². The summed E-state index contributed by atoms with van der Waals surface area (Å²) in [5.41, 5.74) is 0. The summed E-state index contributed by atoms with van der Waals surface area (Å²) in [6.45, 7) is 3.96. The monoisotopic (exact) mass is 854 g/mol. The third kappa shape index (κ3) is 43.8. The number of hydrogen-bond acceptors (Lipinski definition) is 9. The summed E-state index contributed by atoms with van der Waals surface area (Å²) < 4.78 is 33.9. The molecular weight excluding hydrogens is 765 g/mol. The number of unbranched alkanes of at least 4 members (excludes halogenated alkanes) is 17. The van der Waals surface area contributed by atoms with E-state index in [-0.39, 0.29) is 32.2 Å². The highest BCUT2D eigenvalue weighted by Crippen LogP contribution is 2.38. The third-order valence-electron chi connectivity index (χ3n) is 9.91. The molecule has 0 aromatic carbocycles. The van der Waals surface area contributed by atoms with Crippen LogP contribution in [-0.2, 0) is 32.7 Å². The Morgan fingerprint density at radius 3 is 1.59 bits per heavy atom. The van der Waals surface area contributed by atoms with Crippen molar-refractivity contribution >= 4 is 19.8 Å². The number of carbonyl (C=O) groups is 2. The lowest BCUT2D eigenvalue weighted by molar-refractivity contribution is -0.870. The molecule has 1 N–H and O–H groups in total. The Morgan fingerprint density at radius 2 is 1.08 bits per heavy atom. The van der Waals surface area contributed by atoms with Gasteiger partial charge in [0.15, 0.2) is 6.10 Å². The van der Waals surface area contributed by atoms with Crippen molar-refractivity contribution in [1.29, 1.82) is 0 Å². The van der Waals surface area contributed by atoms with E-state index in [0.29, 0.717) is 30.3 Å². The maximum absolute atomic E-state index is 12.7. The first-order chi connectivity index (χ1) is 28.4. The number of quaternary nitrogens is 1. The number of phosphoric ester groups is 1. The molecule has 0 heterocycles. The number of aliphatic hydroxyl groups is 1. The summed E-state index contributed by atoms with van der Waals surface area (Å²) in [6.07, 6.45) is 43.5. The van der Waals surface area contributed by atoms with E-state index in [1.807, 2.05) is 33.3 Å². The molecule has 0 rings (SSSR count). The normalized spacial score (nSPS) is 14.5. The molecular formula is C48H88NO9P. The van der Waals surface area contributed by atoms with Crippen LogP contribution in [0.2, 0.25) is 0 Å². The highest BCUT2D eigenvalue weighted by Gasteiger charge is 2.21. The van der Waals surface area contributed by atoms with Crippen molar-refractivity contribution in [3.05, 3.63) is 48.6 Å². The number of hydrogen-bond donors (Lipinski definition) is 1. The second-order valence-electron chi connectivity index (χ2n) is 17.0. The first kappa shape index (κ1) is 56.9. The fourth-order valence-corrected chi connectivity index (χ4v) is 6.98. The summed E-state index contributed by atoms with van der Waals surface area (Å²) in [4.78, 5) is 37.6. The van der Waals surface area contributed by atoms with Crippen molar-refractivity contribution < 1.29 is 47.2 Å². The van der Waals surface area contributed by atoms with Crippen molar-refractivity contribution in [2.24, 2.45) is 0 Å². The van der Waals surface area contributed by atoms with E-state index >= 15 is 0 Å². The quantitative estimate of drug-likeness (QED) is 0.0210. The van der Waals surface area contributed by atoms with Crippen LogP contribution in [0.15, 0.2) is 48.6 Å². The molecule has 344 valence electrons. The largest absolute Gasteiger partial charge is 0.756 e. The molecule has 0 spiro atoms. The van der Waals surface area contributed by atoms with E-state index in [1.54, 1.807) is 0 Å². The molecule has 0 aromatic heterocycles.